The van der Waals surface area contributed by atoms with Crippen LogP contribution in [0.4, 0.5) is 5.69 Å². The second kappa shape index (κ2) is 5.36. The summed E-state index contributed by atoms with van der Waals surface area (Å²) in [5, 5.41) is 0. The molecule has 0 aromatic heterocycles. The molecule has 0 spiro atoms. The van der Waals surface area contributed by atoms with E-state index in [9.17, 15) is 4.79 Å². The van der Waals surface area contributed by atoms with E-state index in [1.807, 2.05) is 18.2 Å². The van der Waals surface area contributed by atoms with Crippen LogP contribution in [0.5, 0.6) is 0 Å². The number of thioether (sulfide) groups is 1. The first-order valence-electron chi connectivity index (χ1n) is 3.78. The van der Waals surface area contributed by atoms with Gasteiger partial charge in [-0.15, -0.1) is 18.3 Å². The van der Waals surface area contributed by atoms with Gasteiger partial charge in [0.2, 0.25) is 6.08 Å². The van der Waals surface area contributed by atoms with Crippen LogP contribution in [0.15, 0.2) is 46.8 Å². The molecule has 0 N–H and O–H groups in total. The van der Waals surface area contributed by atoms with Crippen LogP contribution in [-0.4, -0.2) is 11.8 Å². The molecule has 0 atom stereocenters. The summed E-state index contributed by atoms with van der Waals surface area (Å²) in [6.45, 7) is 3.63. The van der Waals surface area contributed by atoms with Crippen LogP contribution in [-0.2, 0) is 4.79 Å². The van der Waals surface area contributed by atoms with Crippen LogP contribution in [0.3, 0.4) is 0 Å². The van der Waals surface area contributed by atoms with Crippen molar-refractivity contribution in [1.29, 1.82) is 0 Å². The molecule has 0 fully saturated rings. The van der Waals surface area contributed by atoms with Gasteiger partial charge in [-0.05, 0) is 24.3 Å². The van der Waals surface area contributed by atoms with Crippen molar-refractivity contribution >= 4 is 23.5 Å². The average Bonchev–Trinajstić information content (AvgIpc) is 2.17. The predicted molar refractivity (Wildman–Crippen MR) is 55.1 cm³/mol. The molecule has 0 saturated carbocycles. The molecule has 0 bridgehead atoms. The van der Waals surface area contributed by atoms with Crippen LogP contribution >= 0.6 is 11.8 Å². The highest BCUT2D eigenvalue weighted by Crippen LogP contribution is 2.21. The molecule has 0 radical (unpaired) electrons. The normalized spacial score (nSPS) is 8.92. The lowest BCUT2D eigenvalue weighted by molar-refractivity contribution is 0.565. The minimum atomic E-state index is 0.637. The number of rotatable bonds is 4. The molecule has 1 aromatic rings. The van der Waals surface area contributed by atoms with E-state index in [0.717, 1.165) is 10.6 Å². The minimum absolute atomic E-state index is 0.637. The van der Waals surface area contributed by atoms with Crippen molar-refractivity contribution in [3.8, 4) is 0 Å². The summed E-state index contributed by atoms with van der Waals surface area (Å²) < 4.78 is 0. The minimum Gasteiger partial charge on any atom is -0.211 e. The third kappa shape index (κ3) is 3.28. The molecular formula is C10H9NOS. The quantitative estimate of drug-likeness (QED) is 0.317. The van der Waals surface area contributed by atoms with E-state index < -0.39 is 0 Å². The van der Waals surface area contributed by atoms with Crippen LogP contribution in [0, 0.1) is 0 Å². The summed E-state index contributed by atoms with van der Waals surface area (Å²) in [7, 11) is 0. The molecule has 0 aliphatic heterocycles. The predicted octanol–water partition coefficient (Wildman–Crippen LogP) is 2.93. The average molecular weight is 191 g/mol. The van der Waals surface area contributed by atoms with Gasteiger partial charge in [0.05, 0.1) is 5.69 Å². The number of carbonyl (C=O) groups excluding carboxylic acids is 1. The van der Waals surface area contributed by atoms with E-state index in [2.05, 4.69) is 11.6 Å². The first kappa shape index (κ1) is 9.78. The van der Waals surface area contributed by atoms with Crippen molar-refractivity contribution < 1.29 is 4.79 Å². The van der Waals surface area contributed by atoms with E-state index in [-0.39, 0.29) is 0 Å². The lowest BCUT2D eigenvalue weighted by atomic mass is 10.3. The Balaban J connectivity index is 2.68. The standard InChI is InChI=1S/C10H9NOS/c1-2-7-13-10-5-3-9(4-6-10)11-8-12/h2-6H,1,7H2. The third-order valence-corrected chi connectivity index (χ3v) is 2.39. The highest BCUT2D eigenvalue weighted by Gasteiger charge is 1.92. The number of isocyanates is 1. The Morgan fingerprint density at radius 2 is 2.15 bits per heavy atom. The molecule has 0 unspecified atom stereocenters. The van der Waals surface area contributed by atoms with Gasteiger partial charge in [0, 0.05) is 10.6 Å². The smallest absolute Gasteiger partial charge is 0.211 e. The zero-order valence-corrected chi connectivity index (χ0v) is 7.88. The van der Waals surface area contributed by atoms with Gasteiger partial charge in [-0.3, -0.25) is 0 Å². The van der Waals surface area contributed by atoms with Crippen LogP contribution in [0.25, 0.3) is 0 Å². The van der Waals surface area contributed by atoms with Gasteiger partial charge in [-0.1, -0.05) is 6.08 Å². The van der Waals surface area contributed by atoms with Gasteiger partial charge >= 0.3 is 0 Å². The largest absolute Gasteiger partial charge is 0.240 e. The second-order valence-electron chi connectivity index (χ2n) is 2.30. The first-order chi connectivity index (χ1) is 6.36. The van der Waals surface area contributed by atoms with Crippen LogP contribution in [0.1, 0.15) is 0 Å². The Kier molecular flexibility index (Phi) is 4.03. The van der Waals surface area contributed by atoms with Crippen LogP contribution < -0.4 is 0 Å². The SMILES string of the molecule is C=CCSc1ccc(N=C=O)cc1. The van der Waals surface area contributed by atoms with Crippen molar-refractivity contribution in [1.82, 2.24) is 0 Å². The van der Waals surface area contributed by atoms with Crippen molar-refractivity contribution in [2.75, 3.05) is 5.75 Å². The Bertz CT molecular complexity index is 325. The first-order valence-corrected chi connectivity index (χ1v) is 4.77. The molecule has 1 aromatic carbocycles. The monoisotopic (exact) mass is 191 g/mol. The number of hydrogen-bond donors (Lipinski definition) is 0. The molecule has 13 heavy (non-hydrogen) atoms. The summed E-state index contributed by atoms with van der Waals surface area (Å²) in [6.07, 6.45) is 3.35. The highest BCUT2D eigenvalue weighted by atomic mass is 32.2. The molecule has 0 saturated heterocycles. The Labute approximate surface area is 81.4 Å². The fraction of sp³-hybridized carbons (Fsp3) is 0.100. The zero-order chi connectivity index (χ0) is 9.52. The Morgan fingerprint density at radius 3 is 2.69 bits per heavy atom. The van der Waals surface area contributed by atoms with E-state index in [1.165, 1.54) is 6.08 Å². The Morgan fingerprint density at radius 1 is 1.46 bits per heavy atom. The summed E-state index contributed by atoms with van der Waals surface area (Å²) >= 11 is 1.69. The van der Waals surface area contributed by atoms with E-state index in [4.69, 9.17) is 0 Å². The molecule has 1 rings (SSSR count). The van der Waals surface area contributed by atoms with Crippen molar-refractivity contribution in [2.24, 2.45) is 4.99 Å². The molecule has 66 valence electrons. The number of aliphatic imine (C=N–C) groups is 1. The van der Waals surface area contributed by atoms with Gasteiger partial charge in [-0.2, -0.15) is 4.99 Å². The molecule has 0 aliphatic carbocycles. The molecular weight excluding hydrogens is 182 g/mol. The van der Waals surface area contributed by atoms with Crippen molar-refractivity contribution in [3.05, 3.63) is 36.9 Å². The Hall–Kier alpha value is -1.31. The second-order valence-corrected chi connectivity index (χ2v) is 3.39. The lowest BCUT2D eigenvalue weighted by Gasteiger charge is -1.97. The number of hydrogen-bond acceptors (Lipinski definition) is 3. The van der Waals surface area contributed by atoms with Gasteiger partial charge in [0.25, 0.3) is 0 Å². The van der Waals surface area contributed by atoms with Gasteiger partial charge in [0.1, 0.15) is 0 Å². The van der Waals surface area contributed by atoms with Gasteiger partial charge in [-0.25, -0.2) is 4.79 Å². The van der Waals surface area contributed by atoms with Crippen molar-refractivity contribution in [2.45, 2.75) is 4.90 Å². The van der Waals surface area contributed by atoms with Gasteiger partial charge < -0.3 is 0 Å². The molecule has 0 amide bonds. The molecule has 3 heteroatoms. The van der Waals surface area contributed by atoms with Crippen LogP contribution in [0.2, 0.25) is 0 Å². The zero-order valence-electron chi connectivity index (χ0n) is 7.06. The number of nitrogens with zero attached hydrogens (tertiary/aromatic N) is 1. The van der Waals surface area contributed by atoms with Crippen molar-refractivity contribution in [3.63, 3.8) is 0 Å². The van der Waals surface area contributed by atoms with E-state index in [0.29, 0.717) is 5.69 Å². The fourth-order valence-electron chi connectivity index (χ4n) is 0.825. The van der Waals surface area contributed by atoms with E-state index >= 15 is 0 Å². The maximum absolute atomic E-state index is 9.92. The summed E-state index contributed by atoms with van der Waals surface area (Å²) in [5.74, 6) is 0.885. The maximum Gasteiger partial charge on any atom is 0.240 e. The highest BCUT2D eigenvalue weighted by molar-refractivity contribution is 7.99. The molecule has 2 nitrogen and oxygen atoms in total. The summed E-state index contributed by atoms with van der Waals surface area (Å²) in [5.41, 5.74) is 0.637. The van der Waals surface area contributed by atoms with E-state index in [1.54, 1.807) is 23.9 Å². The van der Waals surface area contributed by atoms with Gasteiger partial charge in [0.15, 0.2) is 0 Å². The number of benzene rings is 1. The topological polar surface area (TPSA) is 29.4 Å². The molecule has 0 heterocycles. The fourth-order valence-corrected chi connectivity index (χ4v) is 1.46. The summed E-state index contributed by atoms with van der Waals surface area (Å²) in [6, 6.07) is 7.42. The summed E-state index contributed by atoms with van der Waals surface area (Å²) in [4.78, 5) is 14.6. The lowest BCUT2D eigenvalue weighted by Crippen LogP contribution is -1.72. The molecule has 0 aliphatic rings. The third-order valence-electron chi connectivity index (χ3n) is 1.38. The maximum atomic E-state index is 9.92.